The number of Topliss-reactive ketones (excluding diaryl/α,β-unsaturated/α-hetero) is 1. The van der Waals surface area contributed by atoms with Crippen molar-refractivity contribution in [1.82, 2.24) is 0 Å². The van der Waals surface area contributed by atoms with Crippen LogP contribution in [0.4, 0.5) is 0 Å². The van der Waals surface area contributed by atoms with Crippen LogP contribution in [-0.2, 0) is 4.79 Å². The van der Waals surface area contributed by atoms with Gasteiger partial charge in [0, 0.05) is 12.8 Å². The maximum Gasteiger partial charge on any atom is 0.136 e. The van der Waals surface area contributed by atoms with Gasteiger partial charge in [-0.1, -0.05) is 32.4 Å². The molecule has 7 atom stereocenters. The van der Waals surface area contributed by atoms with Gasteiger partial charge in [-0.3, -0.25) is 4.79 Å². The largest absolute Gasteiger partial charge is 0.390 e. The lowest BCUT2D eigenvalue weighted by Crippen LogP contribution is -2.50. The third kappa shape index (κ3) is 3.32. The molecule has 4 aliphatic rings. The molecule has 0 heterocycles. The lowest BCUT2D eigenvalue weighted by atomic mass is 9.47. The minimum atomic E-state index is -0.539. The van der Waals surface area contributed by atoms with Crippen LogP contribution in [0.25, 0.3) is 0 Å². The average molecular weight is 387 g/mol. The van der Waals surface area contributed by atoms with Crippen molar-refractivity contribution in [3.05, 3.63) is 11.6 Å². The molecule has 4 aliphatic carbocycles. The highest BCUT2D eigenvalue weighted by atomic mass is 16.3. The molecule has 0 aliphatic heterocycles. The molecule has 2 nitrogen and oxygen atoms in total. The average Bonchev–Trinajstić information content (AvgIpc) is 2.97. The van der Waals surface area contributed by atoms with E-state index in [4.69, 9.17) is 0 Å². The molecule has 0 aromatic rings. The molecule has 3 saturated carbocycles. The van der Waals surface area contributed by atoms with E-state index in [1.807, 2.05) is 13.8 Å². The molecule has 0 aromatic carbocycles. The lowest BCUT2D eigenvalue weighted by molar-refractivity contribution is -0.122. The van der Waals surface area contributed by atoms with Gasteiger partial charge in [0.2, 0.25) is 0 Å². The first-order valence-electron chi connectivity index (χ1n) is 12.0. The molecule has 28 heavy (non-hydrogen) atoms. The van der Waals surface area contributed by atoms with Crippen molar-refractivity contribution in [3.63, 3.8) is 0 Å². The van der Waals surface area contributed by atoms with E-state index in [0.717, 1.165) is 55.8 Å². The standard InChI is InChI=1S/C26H42O2/c1-17(10-13-24(2,3)28)21-8-9-22-20-7-6-18-16-19(27)11-14-25(18,4)23(20)12-15-26(21,22)5/h6,17,20-23,28H,7-16H2,1-5H3/t17-,20?,21-,22?,23?,25+,26-/m1/s1. The molecule has 0 bridgehead atoms. The molecule has 0 saturated heterocycles. The van der Waals surface area contributed by atoms with Crippen LogP contribution < -0.4 is 0 Å². The van der Waals surface area contributed by atoms with Crippen LogP contribution in [0.5, 0.6) is 0 Å². The zero-order valence-corrected chi connectivity index (χ0v) is 18.9. The summed E-state index contributed by atoms with van der Waals surface area (Å²) in [6.45, 7) is 11.4. The lowest BCUT2D eigenvalue weighted by Gasteiger charge is -2.58. The summed E-state index contributed by atoms with van der Waals surface area (Å²) >= 11 is 0. The number of fused-ring (bicyclic) bond motifs is 5. The van der Waals surface area contributed by atoms with Gasteiger partial charge in [0.15, 0.2) is 0 Å². The highest BCUT2D eigenvalue weighted by Crippen LogP contribution is 2.67. The van der Waals surface area contributed by atoms with Gasteiger partial charge < -0.3 is 5.11 Å². The molecule has 0 radical (unpaired) electrons. The van der Waals surface area contributed by atoms with Crippen LogP contribution in [0.1, 0.15) is 98.8 Å². The van der Waals surface area contributed by atoms with Crippen LogP contribution in [0.15, 0.2) is 11.6 Å². The number of aliphatic hydroxyl groups is 1. The normalized spacial score (nSPS) is 44.4. The molecular weight excluding hydrogens is 344 g/mol. The van der Waals surface area contributed by atoms with Gasteiger partial charge in [-0.25, -0.2) is 0 Å². The number of ketones is 1. The molecule has 3 unspecified atom stereocenters. The topological polar surface area (TPSA) is 37.3 Å². The Kier molecular flexibility index (Phi) is 5.13. The van der Waals surface area contributed by atoms with Crippen molar-refractivity contribution in [2.45, 2.75) is 104 Å². The molecule has 3 fully saturated rings. The smallest absolute Gasteiger partial charge is 0.136 e. The summed E-state index contributed by atoms with van der Waals surface area (Å²) in [5.74, 6) is 4.45. The van der Waals surface area contributed by atoms with E-state index >= 15 is 0 Å². The second kappa shape index (κ2) is 6.96. The number of carbonyl (C=O) groups is 1. The van der Waals surface area contributed by atoms with Crippen molar-refractivity contribution >= 4 is 5.78 Å². The number of allylic oxidation sites excluding steroid dienone is 2. The fourth-order valence-electron chi connectivity index (χ4n) is 8.23. The SMILES string of the molecule is C[C@H](CCC(C)(C)O)[C@H]1CCC2C3CC=C4CC(=O)CC[C@]4(C)C3CC[C@@]21C. The highest BCUT2D eigenvalue weighted by Gasteiger charge is 2.59. The van der Waals surface area contributed by atoms with E-state index in [-0.39, 0.29) is 0 Å². The monoisotopic (exact) mass is 386 g/mol. The summed E-state index contributed by atoms with van der Waals surface area (Å²) in [5.41, 5.74) is 1.72. The van der Waals surface area contributed by atoms with Gasteiger partial charge in [-0.2, -0.15) is 0 Å². The quantitative estimate of drug-likeness (QED) is 0.574. The summed E-state index contributed by atoms with van der Waals surface area (Å²) < 4.78 is 0. The summed E-state index contributed by atoms with van der Waals surface area (Å²) in [7, 11) is 0. The van der Waals surface area contributed by atoms with Gasteiger partial charge in [0.1, 0.15) is 5.78 Å². The van der Waals surface area contributed by atoms with Gasteiger partial charge in [-0.15, -0.1) is 0 Å². The highest BCUT2D eigenvalue weighted by molar-refractivity contribution is 5.82. The number of hydrogen-bond donors (Lipinski definition) is 1. The molecule has 0 aromatic heterocycles. The van der Waals surface area contributed by atoms with Crippen LogP contribution in [-0.4, -0.2) is 16.5 Å². The molecule has 4 rings (SSSR count). The Labute approximate surface area is 172 Å². The third-order valence-electron chi connectivity index (χ3n) is 9.91. The Morgan fingerprint density at radius 2 is 1.93 bits per heavy atom. The van der Waals surface area contributed by atoms with E-state index in [1.165, 1.54) is 37.7 Å². The predicted octanol–water partition coefficient (Wildman–Crippen LogP) is 6.32. The molecule has 158 valence electrons. The predicted molar refractivity (Wildman–Crippen MR) is 115 cm³/mol. The van der Waals surface area contributed by atoms with E-state index in [2.05, 4.69) is 26.8 Å². The van der Waals surface area contributed by atoms with Crippen molar-refractivity contribution < 1.29 is 9.90 Å². The first-order chi connectivity index (χ1) is 13.0. The summed E-state index contributed by atoms with van der Waals surface area (Å²) in [4.78, 5) is 12.0. The summed E-state index contributed by atoms with van der Waals surface area (Å²) in [6, 6.07) is 0. The Morgan fingerprint density at radius 3 is 2.64 bits per heavy atom. The van der Waals surface area contributed by atoms with Crippen LogP contribution >= 0.6 is 0 Å². The molecular formula is C26H42O2. The maximum atomic E-state index is 12.0. The summed E-state index contributed by atoms with van der Waals surface area (Å²) in [5, 5.41) is 10.2. The minimum absolute atomic E-state index is 0.294. The Bertz CT molecular complexity index is 656. The second-order valence-electron chi connectivity index (χ2n) is 12.0. The van der Waals surface area contributed by atoms with Crippen molar-refractivity contribution in [3.8, 4) is 0 Å². The fraction of sp³-hybridized carbons (Fsp3) is 0.885. The van der Waals surface area contributed by atoms with Crippen LogP contribution in [0.3, 0.4) is 0 Å². The van der Waals surface area contributed by atoms with E-state index in [9.17, 15) is 9.90 Å². The van der Waals surface area contributed by atoms with Crippen LogP contribution in [0.2, 0.25) is 0 Å². The number of rotatable bonds is 4. The molecule has 1 N–H and O–H groups in total. The van der Waals surface area contributed by atoms with Crippen molar-refractivity contribution in [2.24, 2.45) is 40.4 Å². The van der Waals surface area contributed by atoms with E-state index in [1.54, 1.807) is 0 Å². The Hall–Kier alpha value is -0.630. The Balaban J connectivity index is 1.53. The van der Waals surface area contributed by atoms with E-state index < -0.39 is 5.60 Å². The molecule has 2 heteroatoms. The first kappa shape index (κ1) is 20.6. The zero-order valence-electron chi connectivity index (χ0n) is 18.9. The van der Waals surface area contributed by atoms with Gasteiger partial charge in [-0.05, 0) is 106 Å². The zero-order chi connectivity index (χ0) is 20.3. The molecule has 0 amide bonds. The van der Waals surface area contributed by atoms with Gasteiger partial charge >= 0.3 is 0 Å². The summed E-state index contributed by atoms with van der Waals surface area (Å²) in [6.07, 6.45) is 13.9. The van der Waals surface area contributed by atoms with Crippen molar-refractivity contribution in [2.75, 3.05) is 0 Å². The third-order valence-corrected chi connectivity index (χ3v) is 9.91. The van der Waals surface area contributed by atoms with Crippen LogP contribution in [0, 0.1) is 40.4 Å². The first-order valence-corrected chi connectivity index (χ1v) is 12.0. The number of hydrogen-bond acceptors (Lipinski definition) is 2. The van der Waals surface area contributed by atoms with Gasteiger partial charge in [0.25, 0.3) is 0 Å². The second-order valence-corrected chi connectivity index (χ2v) is 12.0. The van der Waals surface area contributed by atoms with Gasteiger partial charge in [0.05, 0.1) is 5.60 Å². The maximum absolute atomic E-state index is 12.0. The molecule has 0 spiro atoms. The van der Waals surface area contributed by atoms with E-state index in [0.29, 0.717) is 22.5 Å². The number of carbonyl (C=O) groups excluding carboxylic acids is 1. The Morgan fingerprint density at radius 1 is 1.18 bits per heavy atom. The van der Waals surface area contributed by atoms with Crippen molar-refractivity contribution in [1.29, 1.82) is 0 Å². The fourth-order valence-corrected chi connectivity index (χ4v) is 8.23. The minimum Gasteiger partial charge on any atom is -0.390 e.